The number of aromatic nitrogens is 1. The number of halogens is 6. The third-order valence-electron chi connectivity index (χ3n) is 5.30. The molecule has 1 atom stereocenters. The van der Waals surface area contributed by atoms with Crippen LogP contribution in [0.3, 0.4) is 0 Å². The van der Waals surface area contributed by atoms with Crippen molar-refractivity contribution < 1.29 is 31.4 Å². The monoisotopic (exact) mass is 496 g/mol. The lowest BCUT2D eigenvalue weighted by Gasteiger charge is -2.19. The molecule has 2 aromatic heterocycles. The van der Waals surface area contributed by atoms with Crippen LogP contribution in [0, 0.1) is 0 Å². The Bertz CT molecular complexity index is 1270. The number of thiophene rings is 1. The fourth-order valence-corrected chi connectivity index (χ4v) is 4.30. The molecule has 178 valence electrons. The van der Waals surface area contributed by atoms with Crippen LogP contribution in [-0.2, 0) is 18.9 Å². The molecule has 34 heavy (non-hydrogen) atoms. The molecule has 0 saturated carbocycles. The molecule has 3 nitrogen and oxygen atoms in total. The van der Waals surface area contributed by atoms with Crippen LogP contribution in [0.2, 0.25) is 0 Å². The van der Waals surface area contributed by atoms with E-state index in [2.05, 4.69) is 10.3 Å². The minimum absolute atomic E-state index is 0.168. The number of aliphatic hydroxyl groups is 1. The van der Waals surface area contributed by atoms with Gasteiger partial charge in [-0.15, -0.1) is 0 Å². The van der Waals surface area contributed by atoms with Gasteiger partial charge in [-0.05, 0) is 51.2 Å². The number of para-hydroxylation sites is 1. The van der Waals surface area contributed by atoms with Crippen molar-refractivity contribution in [1.82, 2.24) is 10.3 Å². The summed E-state index contributed by atoms with van der Waals surface area (Å²) in [6.07, 6.45) is -11.4. The topological polar surface area (TPSA) is 45.1 Å². The van der Waals surface area contributed by atoms with E-state index in [0.29, 0.717) is 18.7 Å². The SMILES string of the molecule is OC(CNCc1ccc(-c2ccsc2)cc1)c1cc(C(F)(F)F)nc2c(C(F)(F)F)cccc12. The molecular weight excluding hydrogens is 478 g/mol. The Morgan fingerprint density at radius 2 is 1.65 bits per heavy atom. The average molecular weight is 496 g/mol. The van der Waals surface area contributed by atoms with Crippen molar-refractivity contribution in [3.8, 4) is 11.1 Å². The highest BCUT2D eigenvalue weighted by Crippen LogP contribution is 2.38. The quantitative estimate of drug-likeness (QED) is 0.288. The number of benzene rings is 2. The van der Waals surface area contributed by atoms with Crippen LogP contribution in [0.5, 0.6) is 0 Å². The summed E-state index contributed by atoms with van der Waals surface area (Å²) in [7, 11) is 0. The molecule has 2 N–H and O–H groups in total. The Balaban J connectivity index is 1.56. The number of nitrogens with zero attached hydrogens (tertiary/aromatic N) is 1. The molecule has 4 aromatic rings. The van der Waals surface area contributed by atoms with Crippen LogP contribution >= 0.6 is 11.3 Å². The number of hydrogen-bond donors (Lipinski definition) is 2. The van der Waals surface area contributed by atoms with Gasteiger partial charge in [0, 0.05) is 18.5 Å². The van der Waals surface area contributed by atoms with E-state index in [1.54, 1.807) is 11.3 Å². The van der Waals surface area contributed by atoms with Gasteiger partial charge >= 0.3 is 12.4 Å². The van der Waals surface area contributed by atoms with E-state index < -0.39 is 35.2 Å². The van der Waals surface area contributed by atoms with Gasteiger partial charge in [0.2, 0.25) is 0 Å². The van der Waals surface area contributed by atoms with E-state index >= 15 is 0 Å². The molecule has 0 fully saturated rings. The molecule has 0 spiro atoms. The Morgan fingerprint density at radius 3 is 2.26 bits per heavy atom. The molecule has 4 rings (SSSR count). The summed E-state index contributed by atoms with van der Waals surface area (Å²) in [5.41, 5.74) is -0.901. The lowest BCUT2D eigenvalue weighted by molar-refractivity contribution is -0.142. The Kier molecular flexibility index (Phi) is 6.66. The molecule has 0 radical (unpaired) electrons. The van der Waals surface area contributed by atoms with E-state index in [-0.39, 0.29) is 17.5 Å². The maximum atomic E-state index is 13.4. The minimum atomic E-state index is -4.97. The molecule has 0 saturated heterocycles. The summed E-state index contributed by atoms with van der Waals surface area (Å²) in [5, 5.41) is 17.4. The van der Waals surface area contributed by atoms with Gasteiger partial charge < -0.3 is 10.4 Å². The summed E-state index contributed by atoms with van der Waals surface area (Å²) in [5.74, 6) is 0. The molecule has 10 heteroatoms. The molecule has 0 amide bonds. The number of aliphatic hydroxyl groups excluding tert-OH is 1. The summed E-state index contributed by atoms with van der Waals surface area (Å²) < 4.78 is 80.2. The predicted octanol–water partition coefficient (Wildman–Crippen LogP) is 6.82. The molecule has 2 aromatic carbocycles. The van der Waals surface area contributed by atoms with Gasteiger partial charge in [-0.1, -0.05) is 36.4 Å². The maximum Gasteiger partial charge on any atom is 0.433 e. The van der Waals surface area contributed by atoms with Crippen molar-refractivity contribution in [2.45, 2.75) is 25.0 Å². The first kappa shape index (κ1) is 24.2. The summed E-state index contributed by atoms with van der Waals surface area (Å²) in [4.78, 5) is 3.24. The highest BCUT2D eigenvalue weighted by Gasteiger charge is 2.37. The zero-order valence-corrected chi connectivity index (χ0v) is 18.2. The van der Waals surface area contributed by atoms with Gasteiger partial charge in [0.15, 0.2) is 0 Å². The maximum absolute atomic E-state index is 13.4. The van der Waals surface area contributed by atoms with Crippen LogP contribution in [-0.4, -0.2) is 16.6 Å². The largest absolute Gasteiger partial charge is 0.433 e. The molecule has 2 heterocycles. The number of fused-ring (bicyclic) bond motifs is 1. The lowest BCUT2D eigenvalue weighted by atomic mass is 9.99. The molecule has 0 aliphatic carbocycles. The van der Waals surface area contributed by atoms with E-state index in [1.807, 2.05) is 41.1 Å². The second-order valence-electron chi connectivity index (χ2n) is 7.65. The summed E-state index contributed by atoms with van der Waals surface area (Å²) >= 11 is 1.58. The van der Waals surface area contributed by atoms with Crippen LogP contribution in [0.1, 0.15) is 28.5 Å². The van der Waals surface area contributed by atoms with Crippen LogP contribution in [0.25, 0.3) is 22.0 Å². The third-order valence-corrected chi connectivity index (χ3v) is 5.98. The van der Waals surface area contributed by atoms with Crippen molar-refractivity contribution in [1.29, 1.82) is 0 Å². The van der Waals surface area contributed by atoms with Gasteiger partial charge in [0.25, 0.3) is 0 Å². The molecule has 0 aliphatic rings. The highest BCUT2D eigenvalue weighted by atomic mass is 32.1. The second kappa shape index (κ2) is 9.36. The predicted molar refractivity (Wildman–Crippen MR) is 118 cm³/mol. The Hall–Kier alpha value is -2.95. The first-order valence-corrected chi connectivity index (χ1v) is 11.1. The number of rotatable bonds is 6. The van der Waals surface area contributed by atoms with E-state index in [1.165, 1.54) is 6.07 Å². The van der Waals surface area contributed by atoms with Gasteiger partial charge in [0.1, 0.15) is 5.69 Å². The minimum Gasteiger partial charge on any atom is -0.387 e. The number of nitrogens with one attached hydrogen (secondary N) is 1. The van der Waals surface area contributed by atoms with Crippen molar-refractivity contribution in [2.75, 3.05) is 6.54 Å². The third kappa shape index (κ3) is 5.24. The van der Waals surface area contributed by atoms with Gasteiger partial charge in [0.05, 0.1) is 17.2 Å². The van der Waals surface area contributed by atoms with Gasteiger partial charge in [-0.25, -0.2) is 4.98 Å². The fraction of sp³-hybridized carbons (Fsp3) is 0.208. The lowest BCUT2D eigenvalue weighted by Crippen LogP contribution is -2.22. The van der Waals surface area contributed by atoms with Crippen molar-refractivity contribution in [3.63, 3.8) is 0 Å². The standard InChI is InChI=1S/C24H18F6N2OS/c25-23(26,27)19-3-1-2-17-18(10-21(24(28,29)30)32-22(17)19)20(33)12-31-11-14-4-6-15(7-5-14)16-8-9-34-13-16/h1-10,13,20,31,33H,11-12H2. The molecule has 0 bridgehead atoms. The van der Waals surface area contributed by atoms with E-state index in [0.717, 1.165) is 22.8 Å². The van der Waals surface area contributed by atoms with Crippen molar-refractivity contribution >= 4 is 22.2 Å². The number of pyridine rings is 1. The van der Waals surface area contributed by atoms with Crippen LogP contribution < -0.4 is 5.32 Å². The van der Waals surface area contributed by atoms with E-state index in [9.17, 15) is 31.4 Å². The zero-order valence-electron chi connectivity index (χ0n) is 17.4. The molecule has 1 unspecified atom stereocenters. The Labute approximate surface area is 194 Å². The highest BCUT2D eigenvalue weighted by molar-refractivity contribution is 7.08. The van der Waals surface area contributed by atoms with Crippen molar-refractivity contribution in [2.24, 2.45) is 0 Å². The molecular formula is C24H18F6N2OS. The zero-order chi connectivity index (χ0) is 24.5. The average Bonchev–Trinajstić information content (AvgIpc) is 3.32. The van der Waals surface area contributed by atoms with Gasteiger partial charge in [-0.2, -0.15) is 37.7 Å². The molecule has 0 aliphatic heterocycles. The van der Waals surface area contributed by atoms with E-state index in [4.69, 9.17) is 0 Å². The first-order valence-electron chi connectivity index (χ1n) is 10.1. The summed E-state index contributed by atoms with van der Waals surface area (Å²) in [6.45, 7) is 0.142. The second-order valence-corrected chi connectivity index (χ2v) is 8.43. The number of hydrogen-bond acceptors (Lipinski definition) is 4. The summed E-state index contributed by atoms with van der Waals surface area (Å²) in [6, 6.07) is 13.2. The fourth-order valence-electron chi connectivity index (χ4n) is 3.63. The van der Waals surface area contributed by atoms with Crippen molar-refractivity contribution in [3.05, 3.63) is 87.7 Å². The van der Waals surface area contributed by atoms with Gasteiger partial charge in [-0.3, -0.25) is 0 Å². The number of alkyl halides is 6. The smallest absolute Gasteiger partial charge is 0.387 e. The Morgan fingerprint density at radius 1 is 0.912 bits per heavy atom. The van der Waals surface area contributed by atoms with Crippen LogP contribution in [0.4, 0.5) is 26.3 Å². The van der Waals surface area contributed by atoms with Crippen LogP contribution in [0.15, 0.2) is 65.4 Å². The first-order chi connectivity index (χ1) is 16.0. The normalized spacial score (nSPS) is 13.4.